The van der Waals surface area contributed by atoms with Gasteiger partial charge in [-0.1, -0.05) is 18.5 Å². The van der Waals surface area contributed by atoms with E-state index >= 15 is 0 Å². The zero-order chi connectivity index (χ0) is 14.7. The number of pyridine rings is 1. The van der Waals surface area contributed by atoms with Gasteiger partial charge >= 0.3 is 0 Å². The van der Waals surface area contributed by atoms with Gasteiger partial charge in [0.2, 0.25) is 0 Å². The molecule has 0 aliphatic carbocycles. The van der Waals surface area contributed by atoms with Crippen LogP contribution in [-0.4, -0.2) is 10.9 Å². The minimum atomic E-state index is -0.463. The van der Waals surface area contributed by atoms with Crippen LogP contribution in [0.5, 0.6) is 0 Å². The zero-order valence-corrected chi connectivity index (χ0v) is 11.5. The molecule has 104 valence electrons. The highest BCUT2D eigenvalue weighted by Crippen LogP contribution is 2.23. The number of benzene rings is 1. The van der Waals surface area contributed by atoms with Crippen molar-refractivity contribution in [3.63, 3.8) is 0 Å². The predicted molar refractivity (Wildman–Crippen MR) is 77.4 cm³/mol. The third kappa shape index (κ3) is 3.24. The summed E-state index contributed by atoms with van der Waals surface area (Å²) in [5.74, 6) is -0.559. The fourth-order valence-electron chi connectivity index (χ4n) is 1.71. The Hall–Kier alpha value is -2.14. The average molecular weight is 294 g/mol. The summed E-state index contributed by atoms with van der Waals surface area (Å²) in [5, 5.41) is 2.75. The normalized spacial score (nSPS) is 10.3. The monoisotopic (exact) mass is 293 g/mol. The first-order valence-electron chi connectivity index (χ1n) is 6.02. The first-order valence-corrected chi connectivity index (χ1v) is 6.40. The lowest BCUT2D eigenvalue weighted by Gasteiger charge is -2.08. The second-order valence-corrected chi connectivity index (χ2v) is 4.61. The molecule has 2 rings (SSSR count). The van der Waals surface area contributed by atoms with Gasteiger partial charge in [-0.25, -0.2) is 9.37 Å². The summed E-state index contributed by atoms with van der Waals surface area (Å²) in [6.07, 6.45) is 0.669. The minimum absolute atomic E-state index is 0.135. The summed E-state index contributed by atoms with van der Waals surface area (Å²) in [5.41, 5.74) is 7.10. The molecule has 0 radical (unpaired) electrons. The fraction of sp³-hybridized carbons (Fsp3) is 0.143. The summed E-state index contributed by atoms with van der Waals surface area (Å²) in [4.78, 5) is 16.2. The third-order valence-electron chi connectivity index (χ3n) is 2.70. The molecule has 1 heterocycles. The largest absolute Gasteiger partial charge is 0.384 e. The number of aromatic nitrogens is 1. The van der Waals surface area contributed by atoms with Crippen molar-refractivity contribution in [2.45, 2.75) is 13.3 Å². The van der Waals surface area contributed by atoms with E-state index in [2.05, 4.69) is 10.3 Å². The number of nitrogens with two attached hydrogens (primary N) is 1. The molecule has 0 aliphatic rings. The van der Waals surface area contributed by atoms with E-state index in [4.69, 9.17) is 17.3 Å². The van der Waals surface area contributed by atoms with Crippen LogP contribution >= 0.6 is 11.6 Å². The Morgan fingerprint density at radius 1 is 1.40 bits per heavy atom. The lowest BCUT2D eigenvalue weighted by molar-refractivity contribution is 0.102. The molecule has 6 heteroatoms. The molecule has 0 saturated heterocycles. The van der Waals surface area contributed by atoms with Crippen molar-refractivity contribution in [2.75, 3.05) is 11.1 Å². The van der Waals surface area contributed by atoms with E-state index in [9.17, 15) is 9.18 Å². The Morgan fingerprint density at radius 3 is 2.80 bits per heavy atom. The van der Waals surface area contributed by atoms with Gasteiger partial charge in [-0.3, -0.25) is 4.79 Å². The van der Waals surface area contributed by atoms with Crippen molar-refractivity contribution in [1.29, 1.82) is 0 Å². The Bertz CT molecular complexity index is 661. The number of aryl methyl sites for hydroxylation is 1. The Kier molecular flexibility index (Phi) is 4.20. The van der Waals surface area contributed by atoms with Gasteiger partial charge in [0.25, 0.3) is 5.91 Å². The first-order chi connectivity index (χ1) is 9.49. The molecule has 1 aromatic heterocycles. The molecule has 20 heavy (non-hydrogen) atoms. The maximum Gasteiger partial charge on any atom is 0.255 e. The summed E-state index contributed by atoms with van der Waals surface area (Å²) in [6, 6.07) is 6.89. The van der Waals surface area contributed by atoms with Gasteiger partial charge in [0.05, 0.1) is 10.7 Å². The van der Waals surface area contributed by atoms with Crippen molar-refractivity contribution >= 4 is 29.0 Å². The fourth-order valence-corrected chi connectivity index (χ4v) is 1.92. The summed E-state index contributed by atoms with van der Waals surface area (Å²) < 4.78 is 12.9. The van der Waals surface area contributed by atoms with Crippen LogP contribution in [-0.2, 0) is 6.42 Å². The van der Waals surface area contributed by atoms with Crippen molar-refractivity contribution in [3.8, 4) is 0 Å². The number of halogens is 2. The van der Waals surface area contributed by atoms with Crippen molar-refractivity contribution in [3.05, 3.63) is 52.4 Å². The number of amides is 1. The highest BCUT2D eigenvalue weighted by atomic mass is 35.5. The van der Waals surface area contributed by atoms with Crippen LogP contribution in [0.2, 0.25) is 5.02 Å². The quantitative estimate of drug-likeness (QED) is 0.912. The van der Waals surface area contributed by atoms with Gasteiger partial charge in [0, 0.05) is 11.3 Å². The average Bonchev–Trinajstić information content (AvgIpc) is 2.41. The number of anilines is 2. The highest BCUT2D eigenvalue weighted by molar-refractivity contribution is 6.33. The highest BCUT2D eigenvalue weighted by Gasteiger charge is 2.11. The van der Waals surface area contributed by atoms with Gasteiger partial charge < -0.3 is 11.1 Å². The maximum absolute atomic E-state index is 12.9. The van der Waals surface area contributed by atoms with E-state index in [0.717, 1.165) is 11.8 Å². The number of nitrogens with zero attached hydrogens (tertiary/aromatic N) is 1. The zero-order valence-electron chi connectivity index (χ0n) is 10.8. The van der Waals surface area contributed by atoms with E-state index in [1.165, 1.54) is 18.2 Å². The summed E-state index contributed by atoms with van der Waals surface area (Å²) >= 11 is 5.86. The van der Waals surface area contributed by atoms with Crippen LogP contribution < -0.4 is 11.1 Å². The SMILES string of the molecule is CCc1cc(C(=O)Nc2ccc(F)cc2Cl)cc(N)n1. The predicted octanol–water partition coefficient (Wildman–Crippen LogP) is 3.27. The maximum atomic E-state index is 12.9. The number of hydrogen-bond acceptors (Lipinski definition) is 3. The number of rotatable bonds is 3. The lowest BCUT2D eigenvalue weighted by Crippen LogP contribution is -2.13. The summed E-state index contributed by atoms with van der Waals surface area (Å²) in [7, 11) is 0. The molecule has 1 aromatic carbocycles. The van der Waals surface area contributed by atoms with Crippen LogP contribution in [0.15, 0.2) is 30.3 Å². The standard InChI is InChI=1S/C14H13ClFN3O/c1-2-10-5-8(6-13(17)18-10)14(20)19-12-4-3-9(16)7-11(12)15/h3-7H,2H2,1H3,(H2,17,18)(H,19,20). The molecular weight excluding hydrogens is 281 g/mol. The number of nitrogen functional groups attached to an aromatic ring is 1. The van der Waals surface area contributed by atoms with Crippen LogP contribution in [0, 0.1) is 5.82 Å². The molecular formula is C14H13ClFN3O. The molecule has 0 spiro atoms. The molecule has 2 aromatic rings. The van der Waals surface area contributed by atoms with Gasteiger partial charge in [-0.05, 0) is 36.8 Å². The molecule has 0 atom stereocenters. The molecule has 0 bridgehead atoms. The number of nitrogens with one attached hydrogen (secondary N) is 1. The van der Waals surface area contributed by atoms with Crippen LogP contribution in [0.25, 0.3) is 0 Å². The minimum Gasteiger partial charge on any atom is -0.384 e. The van der Waals surface area contributed by atoms with Crippen molar-refractivity contribution in [2.24, 2.45) is 0 Å². The van der Waals surface area contributed by atoms with Gasteiger partial charge in [0.15, 0.2) is 0 Å². The van der Waals surface area contributed by atoms with E-state index in [1.807, 2.05) is 6.92 Å². The Balaban J connectivity index is 2.26. The van der Waals surface area contributed by atoms with E-state index < -0.39 is 5.82 Å². The van der Waals surface area contributed by atoms with Crippen molar-refractivity contribution in [1.82, 2.24) is 4.98 Å². The molecule has 0 unspecified atom stereocenters. The van der Waals surface area contributed by atoms with Gasteiger partial charge in [-0.2, -0.15) is 0 Å². The smallest absolute Gasteiger partial charge is 0.255 e. The van der Waals surface area contributed by atoms with E-state index in [1.54, 1.807) is 6.07 Å². The molecule has 4 nitrogen and oxygen atoms in total. The topological polar surface area (TPSA) is 68.0 Å². The summed E-state index contributed by atoms with van der Waals surface area (Å²) in [6.45, 7) is 1.92. The van der Waals surface area contributed by atoms with Crippen LogP contribution in [0.3, 0.4) is 0 Å². The molecule has 1 amide bonds. The number of hydrogen-bond donors (Lipinski definition) is 2. The Labute approximate surface area is 120 Å². The third-order valence-corrected chi connectivity index (χ3v) is 3.01. The van der Waals surface area contributed by atoms with Crippen LogP contribution in [0.4, 0.5) is 15.9 Å². The van der Waals surface area contributed by atoms with Gasteiger partial charge in [0.1, 0.15) is 11.6 Å². The number of carbonyl (C=O) groups is 1. The Morgan fingerprint density at radius 2 is 2.15 bits per heavy atom. The molecule has 0 aliphatic heterocycles. The second kappa shape index (κ2) is 5.88. The van der Waals surface area contributed by atoms with Crippen LogP contribution in [0.1, 0.15) is 23.0 Å². The first kappa shape index (κ1) is 14.3. The molecule has 0 saturated carbocycles. The van der Waals surface area contributed by atoms with Crippen molar-refractivity contribution < 1.29 is 9.18 Å². The van der Waals surface area contributed by atoms with Gasteiger partial charge in [-0.15, -0.1) is 0 Å². The second-order valence-electron chi connectivity index (χ2n) is 4.20. The lowest BCUT2D eigenvalue weighted by atomic mass is 10.1. The number of carbonyl (C=O) groups excluding carboxylic acids is 1. The van der Waals surface area contributed by atoms with E-state index in [-0.39, 0.29) is 16.7 Å². The van der Waals surface area contributed by atoms with E-state index in [0.29, 0.717) is 17.7 Å². The molecule has 0 fully saturated rings. The molecule has 3 N–H and O–H groups in total.